The number of aryl methyl sites for hydroxylation is 2. The third-order valence-electron chi connectivity index (χ3n) is 3.10. The number of ether oxygens (including phenoxy) is 1. The van der Waals surface area contributed by atoms with Crippen LogP contribution in [-0.2, 0) is 6.42 Å². The second-order valence-electron chi connectivity index (χ2n) is 4.57. The molecule has 0 aliphatic heterocycles. The summed E-state index contributed by atoms with van der Waals surface area (Å²) in [5.41, 5.74) is 1.95. The predicted octanol–water partition coefficient (Wildman–Crippen LogP) is 4.01. The van der Waals surface area contributed by atoms with Crippen LogP contribution in [0.2, 0.25) is 5.15 Å². The molecule has 7 heteroatoms. The van der Waals surface area contributed by atoms with Crippen LogP contribution in [0.1, 0.15) is 23.6 Å². The molecule has 6 nitrogen and oxygen atoms in total. The van der Waals surface area contributed by atoms with Crippen molar-refractivity contribution in [3.8, 4) is 11.6 Å². The fraction of sp³-hybridized carbons (Fsp3) is 0.286. The summed E-state index contributed by atoms with van der Waals surface area (Å²) in [5.74, 6) is 0.886. The normalized spacial score (nSPS) is 10.5. The summed E-state index contributed by atoms with van der Waals surface area (Å²) in [4.78, 5) is 18.5. The smallest absolute Gasteiger partial charge is 0.272 e. The number of hydrogen-bond acceptors (Lipinski definition) is 5. The van der Waals surface area contributed by atoms with Crippen molar-refractivity contribution in [1.29, 1.82) is 0 Å². The summed E-state index contributed by atoms with van der Waals surface area (Å²) < 4.78 is 5.77. The maximum Gasteiger partial charge on any atom is 0.272 e. The van der Waals surface area contributed by atoms with Crippen molar-refractivity contribution in [2.45, 2.75) is 27.2 Å². The van der Waals surface area contributed by atoms with Gasteiger partial charge < -0.3 is 4.74 Å². The van der Waals surface area contributed by atoms with Gasteiger partial charge in [0, 0.05) is 11.6 Å². The van der Waals surface area contributed by atoms with E-state index in [4.69, 9.17) is 16.3 Å². The molecule has 0 unspecified atom stereocenters. The summed E-state index contributed by atoms with van der Waals surface area (Å²) in [6.07, 6.45) is 1.95. The van der Waals surface area contributed by atoms with Crippen LogP contribution >= 0.6 is 11.6 Å². The van der Waals surface area contributed by atoms with Crippen molar-refractivity contribution < 1.29 is 9.66 Å². The number of aromatic nitrogens is 2. The fourth-order valence-corrected chi connectivity index (χ4v) is 2.20. The maximum absolute atomic E-state index is 10.9. The van der Waals surface area contributed by atoms with Gasteiger partial charge >= 0.3 is 0 Å². The van der Waals surface area contributed by atoms with E-state index in [0.29, 0.717) is 39.9 Å². The lowest BCUT2D eigenvalue weighted by Crippen LogP contribution is -1.99. The first-order valence-electron chi connectivity index (χ1n) is 6.36. The van der Waals surface area contributed by atoms with Crippen LogP contribution in [0.25, 0.3) is 0 Å². The Labute approximate surface area is 126 Å². The number of hydrogen-bond donors (Lipinski definition) is 0. The van der Waals surface area contributed by atoms with Gasteiger partial charge in [0.25, 0.3) is 5.69 Å². The minimum Gasteiger partial charge on any atom is -0.438 e. The van der Waals surface area contributed by atoms with Gasteiger partial charge in [0.2, 0.25) is 5.88 Å². The lowest BCUT2D eigenvalue weighted by Gasteiger charge is -2.12. The molecule has 2 aromatic rings. The van der Waals surface area contributed by atoms with Crippen molar-refractivity contribution in [3.05, 3.63) is 50.4 Å². The molecule has 0 fully saturated rings. The molecule has 0 bridgehead atoms. The Hall–Kier alpha value is -2.21. The summed E-state index contributed by atoms with van der Waals surface area (Å²) in [6.45, 7) is 5.33. The van der Waals surface area contributed by atoms with Crippen molar-refractivity contribution in [1.82, 2.24) is 9.97 Å². The van der Waals surface area contributed by atoms with Crippen LogP contribution in [-0.4, -0.2) is 14.9 Å². The minimum absolute atomic E-state index is 0.0660. The predicted molar refractivity (Wildman–Crippen MR) is 79.1 cm³/mol. The largest absolute Gasteiger partial charge is 0.438 e. The minimum atomic E-state index is -0.412. The molecule has 21 heavy (non-hydrogen) atoms. The molecule has 0 radical (unpaired) electrons. The van der Waals surface area contributed by atoms with Gasteiger partial charge in [-0.2, -0.15) is 0 Å². The van der Waals surface area contributed by atoms with Crippen LogP contribution < -0.4 is 4.74 Å². The van der Waals surface area contributed by atoms with E-state index in [-0.39, 0.29) is 5.69 Å². The Bertz CT molecular complexity index is 704. The van der Waals surface area contributed by atoms with E-state index in [9.17, 15) is 10.1 Å². The number of halogens is 1. The average Bonchev–Trinajstić information content (AvgIpc) is 2.42. The van der Waals surface area contributed by atoms with E-state index in [1.54, 1.807) is 19.9 Å². The van der Waals surface area contributed by atoms with Crippen LogP contribution in [0.15, 0.2) is 18.5 Å². The fourth-order valence-electron chi connectivity index (χ4n) is 1.95. The van der Waals surface area contributed by atoms with E-state index in [1.165, 1.54) is 12.4 Å². The molecule has 0 N–H and O–H groups in total. The standard InChI is InChI=1S/C14H14ClN3O3/c1-4-10-13(15)16-7-17-14(10)21-12-6-8(2)11(18(19)20)5-9(12)3/h5-7H,4H2,1-3H3. The molecule has 0 spiro atoms. The third-order valence-corrected chi connectivity index (χ3v) is 3.43. The van der Waals surface area contributed by atoms with Gasteiger partial charge in [-0.05, 0) is 31.9 Å². The number of nitrogens with zero attached hydrogens (tertiary/aromatic N) is 3. The van der Waals surface area contributed by atoms with Crippen LogP contribution in [0.5, 0.6) is 11.6 Å². The van der Waals surface area contributed by atoms with Gasteiger partial charge in [0.1, 0.15) is 17.2 Å². The Balaban J connectivity index is 2.43. The van der Waals surface area contributed by atoms with Crippen LogP contribution in [0, 0.1) is 24.0 Å². The highest BCUT2D eigenvalue weighted by atomic mass is 35.5. The summed E-state index contributed by atoms with van der Waals surface area (Å²) in [6, 6.07) is 3.11. The van der Waals surface area contributed by atoms with E-state index in [2.05, 4.69) is 9.97 Å². The second-order valence-corrected chi connectivity index (χ2v) is 4.92. The van der Waals surface area contributed by atoms with Gasteiger partial charge in [-0.1, -0.05) is 18.5 Å². The first-order valence-corrected chi connectivity index (χ1v) is 6.74. The number of nitro benzene ring substituents is 1. The third kappa shape index (κ3) is 3.11. The van der Waals surface area contributed by atoms with E-state index in [1.807, 2.05) is 6.92 Å². The SMILES string of the molecule is CCc1c(Cl)ncnc1Oc1cc(C)c([N+](=O)[O-])cc1C. The van der Waals surface area contributed by atoms with E-state index < -0.39 is 4.92 Å². The van der Waals surface area contributed by atoms with E-state index >= 15 is 0 Å². The molecule has 0 saturated carbocycles. The van der Waals surface area contributed by atoms with Crippen molar-refractivity contribution in [2.75, 3.05) is 0 Å². The van der Waals surface area contributed by atoms with E-state index in [0.717, 1.165) is 0 Å². The molecule has 0 amide bonds. The lowest BCUT2D eigenvalue weighted by atomic mass is 10.1. The molecule has 110 valence electrons. The molecule has 0 aliphatic carbocycles. The highest BCUT2D eigenvalue weighted by molar-refractivity contribution is 6.30. The first-order chi connectivity index (χ1) is 9.93. The Kier molecular flexibility index (Phi) is 4.37. The molecular formula is C14H14ClN3O3. The average molecular weight is 308 g/mol. The molecule has 0 saturated heterocycles. The van der Waals surface area contributed by atoms with Gasteiger partial charge in [0.05, 0.1) is 10.5 Å². The second kappa shape index (κ2) is 6.05. The van der Waals surface area contributed by atoms with Gasteiger partial charge in [-0.25, -0.2) is 9.97 Å². The highest BCUT2D eigenvalue weighted by Gasteiger charge is 2.16. The zero-order chi connectivity index (χ0) is 15.6. The lowest BCUT2D eigenvalue weighted by molar-refractivity contribution is -0.385. The number of nitro groups is 1. The number of rotatable bonds is 4. The quantitative estimate of drug-likeness (QED) is 0.484. The van der Waals surface area contributed by atoms with Crippen molar-refractivity contribution >= 4 is 17.3 Å². The van der Waals surface area contributed by atoms with Gasteiger partial charge in [-0.3, -0.25) is 10.1 Å². The Morgan fingerprint density at radius 2 is 2.00 bits per heavy atom. The van der Waals surface area contributed by atoms with Crippen molar-refractivity contribution in [3.63, 3.8) is 0 Å². The molecule has 0 atom stereocenters. The zero-order valence-corrected chi connectivity index (χ0v) is 12.6. The topological polar surface area (TPSA) is 78.2 Å². The van der Waals surface area contributed by atoms with Crippen LogP contribution in [0.3, 0.4) is 0 Å². The summed E-state index contributed by atoms with van der Waals surface area (Å²) >= 11 is 6.01. The first kappa shape index (κ1) is 15.2. The Morgan fingerprint density at radius 1 is 1.29 bits per heavy atom. The van der Waals surface area contributed by atoms with Crippen LogP contribution in [0.4, 0.5) is 5.69 Å². The molecular weight excluding hydrogens is 294 g/mol. The number of benzene rings is 1. The van der Waals surface area contributed by atoms with Gasteiger partial charge in [-0.15, -0.1) is 0 Å². The highest BCUT2D eigenvalue weighted by Crippen LogP contribution is 2.32. The summed E-state index contributed by atoms with van der Waals surface area (Å²) in [7, 11) is 0. The molecule has 2 rings (SSSR count). The molecule has 1 aromatic carbocycles. The maximum atomic E-state index is 10.9. The Morgan fingerprint density at radius 3 is 2.62 bits per heavy atom. The molecule has 0 aliphatic rings. The molecule has 1 heterocycles. The zero-order valence-electron chi connectivity index (χ0n) is 11.9. The monoisotopic (exact) mass is 307 g/mol. The summed E-state index contributed by atoms with van der Waals surface area (Å²) in [5, 5.41) is 11.3. The molecule has 1 aromatic heterocycles. The van der Waals surface area contributed by atoms with Crippen molar-refractivity contribution in [2.24, 2.45) is 0 Å². The van der Waals surface area contributed by atoms with Gasteiger partial charge in [0.15, 0.2) is 0 Å².